The van der Waals surface area contributed by atoms with E-state index in [9.17, 15) is 9.90 Å². The number of carbonyl (C=O) groups is 1. The van der Waals surface area contributed by atoms with Crippen LogP contribution in [-0.4, -0.2) is 29.1 Å². The van der Waals surface area contributed by atoms with Crippen molar-refractivity contribution in [1.29, 1.82) is 0 Å². The Morgan fingerprint density at radius 1 is 1.13 bits per heavy atom. The molecule has 1 saturated heterocycles. The number of halogens is 2. The minimum absolute atomic E-state index is 0.124. The lowest BCUT2D eigenvalue weighted by Gasteiger charge is -2.17. The summed E-state index contributed by atoms with van der Waals surface area (Å²) in [6.07, 6.45) is 0. The first kappa shape index (κ1) is 16.3. The van der Waals surface area contributed by atoms with Gasteiger partial charge in [0.1, 0.15) is 0 Å². The van der Waals surface area contributed by atoms with Crippen molar-refractivity contribution in [2.45, 2.75) is 12.5 Å². The van der Waals surface area contributed by atoms with Crippen LogP contribution in [-0.2, 0) is 11.3 Å². The average Bonchev–Trinajstić information content (AvgIpc) is 2.92. The Bertz CT molecular complexity index is 705. The Balaban J connectivity index is 1.83. The molecule has 1 fully saturated rings. The lowest BCUT2D eigenvalue weighted by molar-refractivity contribution is -0.141. The molecule has 0 aromatic heterocycles. The van der Waals surface area contributed by atoms with Crippen LogP contribution in [0.3, 0.4) is 0 Å². The van der Waals surface area contributed by atoms with E-state index in [1.165, 1.54) is 5.56 Å². The Morgan fingerprint density at radius 3 is 2.52 bits per heavy atom. The quantitative estimate of drug-likeness (QED) is 0.894. The highest BCUT2D eigenvalue weighted by molar-refractivity contribution is 6.35. The third kappa shape index (κ3) is 3.69. The zero-order valence-electron chi connectivity index (χ0n) is 12.5. The second kappa shape index (κ2) is 6.91. The molecule has 2 aromatic rings. The lowest BCUT2D eigenvalue weighted by Crippen LogP contribution is -2.23. The molecule has 5 heteroatoms. The van der Waals surface area contributed by atoms with E-state index in [2.05, 4.69) is 17.0 Å². The molecule has 1 N–H and O–H groups in total. The summed E-state index contributed by atoms with van der Waals surface area (Å²) >= 11 is 12.2. The van der Waals surface area contributed by atoms with E-state index in [0.29, 0.717) is 23.1 Å². The molecule has 2 aromatic carbocycles. The largest absolute Gasteiger partial charge is 0.481 e. The van der Waals surface area contributed by atoms with Gasteiger partial charge in [-0.2, -0.15) is 0 Å². The fourth-order valence-electron chi connectivity index (χ4n) is 3.22. The summed E-state index contributed by atoms with van der Waals surface area (Å²) in [6, 6.07) is 15.4. The molecule has 0 radical (unpaired) electrons. The van der Waals surface area contributed by atoms with Gasteiger partial charge in [-0.15, -0.1) is 0 Å². The maximum absolute atomic E-state index is 11.7. The summed E-state index contributed by atoms with van der Waals surface area (Å²) in [5, 5.41) is 10.7. The van der Waals surface area contributed by atoms with Crippen LogP contribution in [0.1, 0.15) is 17.0 Å². The molecule has 0 bridgehead atoms. The van der Waals surface area contributed by atoms with Gasteiger partial charge < -0.3 is 5.11 Å². The molecule has 0 spiro atoms. The number of aliphatic carboxylic acids is 1. The van der Waals surface area contributed by atoms with E-state index in [-0.39, 0.29) is 5.92 Å². The van der Waals surface area contributed by atoms with Gasteiger partial charge in [-0.1, -0.05) is 59.6 Å². The summed E-state index contributed by atoms with van der Waals surface area (Å²) in [6.45, 7) is 1.94. The zero-order chi connectivity index (χ0) is 16.4. The maximum atomic E-state index is 11.7. The molecule has 0 saturated carbocycles. The molecule has 0 amide bonds. The van der Waals surface area contributed by atoms with Crippen LogP contribution in [0.15, 0.2) is 48.5 Å². The first-order chi connectivity index (χ1) is 11.0. The van der Waals surface area contributed by atoms with Crippen LogP contribution in [0.5, 0.6) is 0 Å². The van der Waals surface area contributed by atoms with Crippen LogP contribution < -0.4 is 0 Å². The van der Waals surface area contributed by atoms with Crippen molar-refractivity contribution >= 4 is 29.2 Å². The Morgan fingerprint density at radius 2 is 1.87 bits per heavy atom. The van der Waals surface area contributed by atoms with Gasteiger partial charge in [0.25, 0.3) is 0 Å². The number of nitrogens with zero attached hydrogens (tertiary/aromatic N) is 1. The maximum Gasteiger partial charge on any atom is 0.308 e. The molecule has 23 heavy (non-hydrogen) atoms. The predicted molar refractivity (Wildman–Crippen MR) is 92.0 cm³/mol. The number of carboxylic acids is 1. The highest BCUT2D eigenvalue weighted by Gasteiger charge is 2.39. The van der Waals surface area contributed by atoms with Crippen LogP contribution in [0.2, 0.25) is 10.0 Å². The van der Waals surface area contributed by atoms with Crippen molar-refractivity contribution < 1.29 is 9.90 Å². The van der Waals surface area contributed by atoms with E-state index in [1.807, 2.05) is 24.3 Å². The molecule has 0 aliphatic carbocycles. The number of likely N-dealkylation sites (tertiary alicyclic amines) is 1. The van der Waals surface area contributed by atoms with E-state index >= 15 is 0 Å². The van der Waals surface area contributed by atoms with Gasteiger partial charge >= 0.3 is 5.97 Å². The second-order valence-corrected chi connectivity index (χ2v) is 6.74. The first-order valence-corrected chi connectivity index (χ1v) is 8.24. The average molecular weight is 350 g/mol. The highest BCUT2D eigenvalue weighted by atomic mass is 35.5. The lowest BCUT2D eigenvalue weighted by atomic mass is 9.89. The number of rotatable bonds is 4. The van der Waals surface area contributed by atoms with E-state index < -0.39 is 11.9 Å². The fourth-order valence-corrected chi connectivity index (χ4v) is 3.77. The molecule has 120 valence electrons. The van der Waals surface area contributed by atoms with Crippen molar-refractivity contribution in [2.24, 2.45) is 5.92 Å². The molecule has 2 unspecified atom stereocenters. The molecule has 3 rings (SSSR count). The summed E-state index contributed by atoms with van der Waals surface area (Å²) in [5.74, 6) is -1.37. The predicted octanol–water partition coefficient (Wildman–Crippen LogP) is 4.29. The third-order valence-electron chi connectivity index (χ3n) is 4.32. The number of hydrogen-bond acceptors (Lipinski definition) is 2. The second-order valence-electron chi connectivity index (χ2n) is 5.90. The minimum Gasteiger partial charge on any atom is -0.481 e. The van der Waals surface area contributed by atoms with Gasteiger partial charge in [-0.3, -0.25) is 9.69 Å². The summed E-state index contributed by atoms with van der Waals surface area (Å²) in [4.78, 5) is 13.8. The highest BCUT2D eigenvalue weighted by Crippen LogP contribution is 2.38. The fraction of sp³-hybridized carbons (Fsp3) is 0.278. The SMILES string of the molecule is O=C(O)C1CN(Cc2ccccc2)CC1c1ccc(Cl)cc1Cl. The smallest absolute Gasteiger partial charge is 0.308 e. The monoisotopic (exact) mass is 349 g/mol. The molecular weight excluding hydrogens is 333 g/mol. The van der Waals surface area contributed by atoms with Gasteiger partial charge in [0.05, 0.1) is 5.92 Å². The van der Waals surface area contributed by atoms with Gasteiger partial charge in [0, 0.05) is 35.6 Å². The van der Waals surface area contributed by atoms with Gasteiger partial charge in [-0.25, -0.2) is 0 Å². The van der Waals surface area contributed by atoms with Crippen LogP contribution in [0.25, 0.3) is 0 Å². The summed E-state index contributed by atoms with van der Waals surface area (Å²) in [5.41, 5.74) is 2.04. The molecule has 1 aliphatic heterocycles. The summed E-state index contributed by atoms with van der Waals surface area (Å²) in [7, 11) is 0. The molecule has 2 atom stereocenters. The molecular formula is C18H17Cl2NO2. The van der Waals surface area contributed by atoms with Crippen LogP contribution in [0.4, 0.5) is 0 Å². The van der Waals surface area contributed by atoms with Crippen molar-refractivity contribution in [1.82, 2.24) is 4.90 Å². The van der Waals surface area contributed by atoms with Crippen LogP contribution in [0, 0.1) is 5.92 Å². The molecule has 3 nitrogen and oxygen atoms in total. The summed E-state index contributed by atoms with van der Waals surface area (Å²) < 4.78 is 0. The van der Waals surface area contributed by atoms with Gasteiger partial charge in [0.15, 0.2) is 0 Å². The van der Waals surface area contributed by atoms with Gasteiger partial charge in [-0.05, 0) is 23.3 Å². The van der Waals surface area contributed by atoms with Crippen molar-refractivity contribution in [2.75, 3.05) is 13.1 Å². The molecule has 1 heterocycles. The molecule has 1 aliphatic rings. The Hall–Kier alpha value is -1.55. The van der Waals surface area contributed by atoms with Crippen LogP contribution >= 0.6 is 23.2 Å². The normalized spacial score (nSPS) is 21.5. The van der Waals surface area contributed by atoms with Crippen molar-refractivity contribution in [3.63, 3.8) is 0 Å². The van der Waals surface area contributed by atoms with Gasteiger partial charge in [0.2, 0.25) is 0 Å². The van der Waals surface area contributed by atoms with E-state index in [1.54, 1.807) is 12.1 Å². The van der Waals surface area contributed by atoms with E-state index in [4.69, 9.17) is 23.2 Å². The van der Waals surface area contributed by atoms with E-state index in [0.717, 1.165) is 12.1 Å². The third-order valence-corrected chi connectivity index (χ3v) is 4.89. The Labute approximate surface area is 145 Å². The topological polar surface area (TPSA) is 40.5 Å². The standard InChI is InChI=1S/C18H17Cl2NO2/c19-13-6-7-14(17(20)8-13)15-10-21(11-16(15)18(22)23)9-12-4-2-1-3-5-12/h1-8,15-16H,9-11H2,(H,22,23). The minimum atomic E-state index is -0.781. The number of hydrogen-bond donors (Lipinski definition) is 1. The number of benzene rings is 2. The zero-order valence-corrected chi connectivity index (χ0v) is 14.0. The first-order valence-electron chi connectivity index (χ1n) is 7.48. The Kier molecular flexibility index (Phi) is 4.90. The van der Waals surface area contributed by atoms with Crippen molar-refractivity contribution in [3.8, 4) is 0 Å². The number of carboxylic acid groups (broad SMARTS) is 1. The van der Waals surface area contributed by atoms with Crippen molar-refractivity contribution in [3.05, 3.63) is 69.7 Å².